The van der Waals surface area contributed by atoms with Gasteiger partial charge in [-0.25, -0.2) is 0 Å². The van der Waals surface area contributed by atoms with Crippen molar-refractivity contribution in [3.8, 4) is 0 Å². The molecule has 2 amide bonds. The van der Waals surface area contributed by atoms with Crippen LogP contribution >= 0.6 is 11.3 Å². The average molecular weight is 224 g/mol. The van der Waals surface area contributed by atoms with Crippen LogP contribution in [0.25, 0.3) is 0 Å². The van der Waals surface area contributed by atoms with Crippen molar-refractivity contribution in [2.45, 2.75) is 19.9 Å². The summed E-state index contributed by atoms with van der Waals surface area (Å²) in [6, 6.07) is 1.30. The Kier molecular flexibility index (Phi) is 2.48. The minimum Gasteiger partial charge on any atom is -0.339 e. The molecule has 1 aromatic heterocycles. The van der Waals surface area contributed by atoms with Gasteiger partial charge in [-0.1, -0.05) is 13.8 Å². The van der Waals surface area contributed by atoms with E-state index in [2.05, 4.69) is 10.6 Å². The third kappa shape index (κ3) is 1.74. The predicted molar refractivity (Wildman–Crippen MR) is 59.0 cm³/mol. The summed E-state index contributed by atoms with van der Waals surface area (Å²) in [6.45, 7) is 3.81. The molecule has 0 saturated carbocycles. The number of nitrogens with one attached hydrogen (secondary N) is 2. The van der Waals surface area contributed by atoms with Crippen LogP contribution in [0.3, 0.4) is 0 Å². The second kappa shape index (κ2) is 3.66. The molecule has 0 radical (unpaired) electrons. The van der Waals surface area contributed by atoms with E-state index in [4.69, 9.17) is 0 Å². The van der Waals surface area contributed by atoms with Crippen LogP contribution in [-0.4, -0.2) is 17.9 Å². The molecule has 80 valence electrons. The molecular weight excluding hydrogens is 212 g/mol. The van der Waals surface area contributed by atoms with Gasteiger partial charge in [0.2, 0.25) is 5.91 Å². The molecule has 0 bridgehead atoms. The molecule has 15 heavy (non-hydrogen) atoms. The molecule has 0 unspecified atom stereocenters. The van der Waals surface area contributed by atoms with Gasteiger partial charge in [0.1, 0.15) is 10.9 Å². The third-order valence-corrected chi connectivity index (χ3v) is 3.28. The number of thiophene rings is 1. The normalized spacial score (nSPS) is 20.6. The van der Waals surface area contributed by atoms with Gasteiger partial charge in [0, 0.05) is 0 Å². The molecule has 1 aliphatic heterocycles. The SMILES string of the molecule is CC(C)[C@@H]1NC(=O)c2sccc2NC1=O. The fraction of sp³-hybridized carbons (Fsp3) is 0.400. The van der Waals surface area contributed by atoms with Crippen molar-refractivity contribution >= 4 is 28.8 Å². The van der Waals surface area contributed by atoms with Crippen molar-refractivity contribution in [2.24, 2.45) is 5.92 Å². The monoisotopic (exact) mass is 224 g/mol. The third-order valence-electron chi connectivity index (χ3n) is 2.37. The highest BCUT2D eigenvalue weighted by Crippen LogP contribution is 2.25. The molecule has 4 nitrogen and oxygen atoms in total. The van der Waals surface area contributed by atoms with Crippen LogP contribution in [0.15, 0.2) is 11.4 Å². The van der Waals surface area contributed by atoms with Gasteiger partial charge in [0.15, 0.2) is 0 Å². The summed E-state index contributed by atoms with van der Waals surface area (Å²) in [5.74, 6) is -0.226. The van der Waals surface area contributed by atoms with E-state index in [1.54, 1.807) is 11.4 Å². The number of carbonyl (C=O) groups excluding carboxylic acids is 2. The number of hydrogen-bond donors (Lipinski definition) is 2. The maximum Gasteiger partial charge on any atom is 0.264 e. The van der Waals surface area contributed by atoms with Crippen molar-refractivity contribution in [1.82, 2.24) is 5.32 Å². The van der Waals surface area contributed by atoms with E-state index in [1.165, 1.54) is 11.3 Å². The zero-order valence-corrected chi connectivity index (χ0v) is 9.35. The zero-order valence-electron chi connectivity index (χ0n) is 8.53. The van der Waals surface area contributed by atoms with Crippen molar-refractivity contribution in [1.29, 1.82) is 0 Å². The maximum atomic E-state index is 11.7. The minimum absolute atomic E-state index is 0.0861. The van der Waals surface area contributed by atoms with E-state index in [-0.39, 0.29) is 17.7 Å². The zero-order chi connectivity index (χ0) is 11.0. The first kappa shape index (κ1) is 10.2. The van der Waals surface area contributed by atoms with E-state index in [0.717, 1.165) is 0 Å². The van der Waals surface area contributed by atoms with Crippen LogP contribution < -0.4 is 10.6 Å². The minimum atomic E-state index is -0.447. The van der Waals surface area contributed by atoms with Crippen LogP contribution in [0.1, 0.15) is 23.5 Å². The van der Waals surface area contributed by atoms with E-state index >= 15 is 0 Å². The Morgan fingerprint density at radius 2 is 2.13 bits per heavy atom. The van der Waals surface area contributed by atoms with Crippen LogP contribution in [0.5, 0.6) is 0 Å². The quantitative estimate of drug-likeness (QED) is 0.758. The van der Waals surface area contributed by atoms with Crippen molar-refractivity contribution in [3.05, 3.63) is 16.3 Å². The van der Waals surface area contributed by atoms with E-state index in [9.17, 15) is 9.59 Å². The summed E-state index contributed by atoms with van der Waals surface area (Å²) in [4.78, 5) is 24.1. The van der Waals surface area contributed by atoms with Gasteiger partial charge >= 0.3 is 0 Å². The summed E-state index contributed by atoms with van der Waals surface area (Å²) >= 11 is 1.34. The Hall–Kier alpha value is -1.36. The molecule has 0 fully saturated rings. The lowest BCUT2D eigenvalue weighted by Crippen LogP contribution is -2.44. The first-order valence-electron chi connectivity index (χ1n) is 4.79. The Balaban J connectivity index is 2.35. The fourth-order valence-electron chi connectivity index (χ4n) is 1.54. The highest BCUT2D eigenvalue weighted by atomic mass is 32.1. The molecule has 1 aliphatic rings. The fourth-order valence-corrected chi connectivity index (χ4v) is 2.29. The summed E-state index contributed by atoms with van der Waals surface area (Å²) in [6.07, 6.45) is 0. The number of carbonyl (C=O) groups is 2. The van der Waals surface area contributed by atoms with Crippen LogP contribution in [0.2, 0.25) is 0 Å². The molecule has 2 heterocycles. The Morgan fingerprint density at radius 1 is 1.40 bits per heavy atom. The Labute approximate surface area is 91.7 Å². The summed E-state index contributed by atoms with van der Waals surface area (Å²) in [5, 5.41) is 7.27. The largest absolute Gasteiger partial charge is 0.339 e. The number of hydrogen-bond acceptors (Lipinski definition) is 3. The number of fused-ring (bicyclic) bond motifs is 1. The molecule has 0 saturated heterocycles. The van der Waals surface area contributed by atoms with Gasteiger partial charge in [0.05, 0.1) is 5.69 Å². The topological polar surface area (TPSA) is 58.2 Å². The van der Waals surface area contributed by atoms with Crippen molar-refractivity contribution < 1.29 is 9.59 Å². The summed E-state index contributed by atoms with van der Waals surface area (Å²) in [7, 11) is 0. The molecule has 0 spiro atoms. The standard InChI is InChI=1S/C10H12N2O2S/c1-5(2)7-9(13)11-6-3-4-15-8(6)10(14)12-7/h3-5,7H,1-2H3,(H,11,13)(H,12,14)/t7-/m0/s1. The van der Waals surface area contributed by atoms with Crippen LogP contribution in [-0.2, 0) is 4.79 Å². The highest BCUT2D eigenvalue weighted by Gasteiger charge is 2.30. The first-order chi connectivity index (χ1) is 7.09. The molecule has 1 atom stereocenters. The molecule has 0 aromatic carbocycles. The van der Waals surface area contributed by atoms with Gasteiger partial charge in [-0.15, -0.1) is 11.3 Å². The smallest absolute Gasteiger partial charge is 0.264 e. The van der Waals surface area contributed by atoms with Gasteiger partial charge in [-0.05, 0) is 17.4 Å². The maximum absolute atomic E-state index is 11.7. The van der Waals surface area contributed by atoms with Gasteiger partial charge in [-0.2, -0.15) is 0 Å². The Morgan fingerprint density at radius 3 is 2.80 bits per heavy atom. The van der Waals surface area contributed by atoms with Crippen molar-refractivity contribution in [2.75, 3.05) is 5.32 Å². The predicted octanol–water partition coefficient (Wildman–Crippen LogP) is 1.45. The van der Waals surface area contributed by atoms with E-state index < -0.39 is 6.04 Å². The highest BCUT2D eigenvalue weighted by molar-refractivity contribution is 7.12. The molecule has 1 aromatic rings. The van der Waals surface area contributed by atoms with Crippen molar-refractivity contribution in [3.63, 3.8) is 0 Å². The molecule has 0 aliphatic carbocycles. The number of anilines is 1. The van der Waals surface area contributed by atoms with Crippen LogP contribution in [0.4, 0.5) is 5.69 Å². The Bertz CT molecular complexity index is 411. The molecular formula is C10H12N2O2S. The van der Waals surface area contributed by atoms with E-state index in [0.29, 0.717) is 10.6 Å². The summed E-state index contributed by atoms with van der Waals surface area (Å²) in [5.41, 5.74) is 0.616. The summed E-state index contributed by atoms with van der Waals surface area (Å²) < 4.78 is 0. The van der Waals surface area contributed by atoms with Gasteiger partial charge < -0.3 is 10.6 Å². The lowest BCUT2D eigenvalue weighted by Gasteiger charge is -2.17. The van der Waals surface area contributed by atoms with E-state index in [1.807, 2.05) is 13.8 Å². The average Bonchev–Trinajstić information content (AvgIpc) is 2.56. The first-order valence-corrected chi connectivity index (χ1v) is 5.67. The second-order valence-electron chi connectivity index (χ2n) is 3.85. The second-order valence-corrected chi connectivity index (χ2v) is 4.76. The molecule has 5 heteroatoms. The molecule has 2 N–H and O–H groups in total. The number of amides is 2. The number of rotatable bonds is 1. The molecule has 2 rings (SSSR count). The van der Waals surface area contributed by atoms with Crippen LogP contribution in [0, 0.1) is 5.92 Å². The van der Waals surface area contributed by atoms with Gasteiger partial charge in [0.25, 0.3) is 5.91 Å². The lowest BCUT2D eigenvalue weighted by molar-refractivity contribution is -0.118. The lowest BCUT2D eigenvalue weighted by atomic mass is 10.0. The van der Waals surface area contributed by atoms with Gasteiger partial charge in [-0.3, -0.25) is 9.59 Å².